The van der Waals surface area contributed by atoms with E-state index in [1.807, 2.05) is 19.1 Å². The zero-order valence-corrected chi connectivity index (χ0v) is 20.2. The first-order valence-electron chi connectivity index (χ1n) is 11.6. The number of methoxy groups -OCH3 is 1. The van der Waals surface area contributed by atoms with Crippen LogP contribution in [-0.4, -0.2) is 62.8 Å². The maximum atomic E-state index is 14.6. The molecule has 1 saturated heterocycles. The van der Waals surface area contributed by atoms with E-state index in [2.05, 4.69) is 27.1 Å². The summed E-state index contributed by atoms with van der Waals surface area (Å²) in [5.74, 6) is -0.263. The topological polar surface area (TPSA) is 66.9 Å². The number of halogens is 1. The number of aryl methyl sites for hydroxylation is 1. The third-order valence-corrected chi connectivity index (χ3v) is 6.11. The number of likely N-dealkylation sites (N-methyl/N-ethyl adjacent to an activating group) is 1. The van der Waals surface area contributed by atoms with Gasteiger partial charge in [0.1, 0.15) is 17.1 Å². The highest BCUT2D eigenvalue weighted by atomic mass is 19.1. The molecule has 1 aliphatic rings. The van der Waals surface area contributed by atoms with E-state index in [0.29, 0.717) is 22.3 Å². The predicted molar refractivity (Wildman–Crippen MR) is 133 cm³/mol. The largest absolute Gasteiger partial charge is 0.495 e. The maximum Gasteiger partial charge on any atom is 0.341 e. The van der Waals surface area contributed by atoms with Crippen molar-refractivity contribution in [2.75, 3.05) is 57.2 Å². The Labute approximate surface area is 199 Å². The monoisotopic (exact) mass is 466 g/mol. The Morgan fingerprint density at radius 3 is 2.76 bits per heavy atom. The van der Waals surface area contributed by atoms with E-state index in [9.17, 15) is 9.18 Å². The molecule has 2 heterocycles. The molecule has 0 aliphatic carbocycles. The van der Waals surface area contributed by atoms with Gasteiger partial charge in [-0.25, -0.2) is 9.18 Å². The summed E-state index contributed by atoms with van der Waals surface area (Å²) in [6, 6.07) is 8.65. The lowest BCUT2D eigenvalue weighted by atomic mass is 10.1. The van der Waals surface area contributed by atoms with Crippen molar-refractivity contribution in [2.24, 2.45) is 0 Å². The summed E-state index contributed by atoms with van der Waals surface area (Å²) in [5, 5.41) is 3.79. The number of anilines is 3. The first kappa shape index (κ1) is 23.8. The second kappa shape index (κ2) is 10.3. The van der Waals surface area contributed by atoms with Crippen molar-refractivity contribution < 1.29 is 18.7 Å². The third kappa shape index (κ3) is 4.92. The van der Waals surface area contributed by atoms with Gasteiger partial charge in [-0.05, 0) is 63.7 Å². The number of ether oxygens (including phenoxy) is 2. The first-order valence-corrected chi connectivity index (χ1v) is 11.6. The Bertz CT molecular complexity index is 1200. The fourth-order valence-corrected chi connectivity index (χ4v) is 4.27. The van der Waals surface area contributed by atoms with Crippen molar-refractivity contribution in [2.45, 2.75) is 20.3 Å². The van der Waals surface area contributed by atoms with Gasteiger partial charge >= 0.3 is 5.97 Å². The van der Waals surface area contributed by atoms with Gasteiger partial charge in [0.25, 0.3) is 0 Å². The number of esters is 1. The lowest BCUT2D eigenvalue weighted by Crippen LogP contribution is -2.29. The number of nitrogens with one attached hydrogen (secondary N) is 1. The minimum atomic E-state index is -0.522. The molecule has 0 spiro atoms. The standard InChI is InChI=1S/C26H31FN4O3/c1-5-34-26(32)19-16-28-21-15-23(31-10-6-9-30(3)11-12-31)24(33-4)14-18(21)25(19)29-22-13-17(2)7-8-20(22)27/h7-8,13-16H,5-6,9-12H2,1-4H3,(H,28,29). The van der Waals surface area contributed by atoms with E-state index < -0.39 is 11.8 Å². The molecule has 1 N–H and O–H groups in total. The molecule has 1 aliphatic heterocycles. The van der Waals surface area contributed by atoms with Gasteiger partial charge in [-0.15, -0.1) is 0 Å². The van der Waals surface area contributed by atoms with Crippen LogP contribution in [0.2, 0.25) is 0 Å². The van der Waals surface area contributed by atoms with E-state index in [-0.39, 0.29) is 17.9 Å². The molecule has 0 radical (unpaired) electrons. The van der Waals surface area contributed by atoms with Crippen molar-refractivity contribution in [3.05, 3.63) is 53.5 Å². The molecule has 8 heteroatoms. The molecular weight excluding hydrogens is 435 g/mol. The highest BCUT2D eigenvalue weighted by Crippen LogP contribution is 2.38. The van der Waals surface area contributed by atoms with Gasteiger partial charge in [-0.3, -0.25) is 4.98 Å². The Kier molecular flexibility index (Phi) is 7.17. The van der Waals surface area contributed by atoms with Crippen LogP contribution in [0.15, 0.2) is 36.5 Å². The van der Waals surface area contributed by atoms with E-state index in [4.69, 9.17) is 9.47 Å². The van der Waals surface area contributed by atoms with Gasteiger partial charge < -0.3 is 24.6 Å². The first-order chi connectivity index (χ1) is 16.4. The van der Waals surface area contributed by atoms with Gasteiger partial charge in [0.2, 0.25) is 0 Å². The third-order valence-electron chi connectivity index (χ3n) is 6.11. The molecule has 1 aromatic heterocycles. The maximum absolute atomic E-state index is 14.6. The average molecular weight is 467 g/mol. The number of carbonyl (C=O) groups excluding carboxylic acids is 1. The lowest BCUT2D eigenvalue weighted by molar-refractivity contribution is 0.0527. The van der Waals surface area contributed by atoms with Gasteiger partial charge in [-0.1, -0.05) is 6.07 Å². The Balaban J connectivity index is 1.86. The number of fused-ring (bicyclic) bond motifs is 1. The molecule has 4 rings (SSSR count). The molecule has 3 aromatic rings. The Morgan fingerprint density at radius 2 is 2.00 bits per heavy atom. The van der Waals surface area contributed by atoms with Crippen LogP contribution in [0.5, 0.6) is 5.75 Å². The molecule has 180 valence electrons. The molecule has 1 fully saturated rings. The number of nitrogens with zero attached hydrogens (tertiary/aromatic N) is 3. The highest BCUT2D eigenvalue weighted by Gasteiger charge is 2.22. The normalized spacial score (nSPS) is 14.7. The van der Waals surface area contributed by atoms with Gasteiger partial charge in [0, 0.05) is 31.2 Å². The summed E-state index contributed by atoms with van der Waals surface area (Å²) in [6.45, 7) is 7.63. The molecule has 0 unspecified atom stereocenters. The van der Waals surface area contributed by atoms with Crippen molar-refractivity contribution in [1.29, 1.82) is 0 Å². The van der Waals surface area contributed by atoms with E-state index in [1.54, 1.807) is 26.2 Å². The van der Waals surface area contributed by atoms with Gasteiger partial charge in [0.05, 0.1) is 36.3 Å². The van der Waals surface area contributed by atoms with Crippen LogP contribution in [0, 0.1) is 12.7 Å². The molecule has 0 atom stereocenters. The Morgan fingerprint density at radius 1 is 1.18 bits per heavy atom. The van der Waals surface area contributed by atoms with E-state index >= 15 is 0 Å². The molecular formula is C26H31FN4O3. The van der Waals surface area contributed by atoms with Crippen molar-refractivity contribution in [1.82, 2.24) is 9.88 Å². The number of hydrogen-bond acceptors (Lipinski definition) is 7. The number of aromatic nitrogens is 1. The van der Waals surface area contributed by atoms with Gasteiger partial charge in [-0.2, -0.15) is 0 Å². The van der Waals surface area contributed by atoms with E-state index in [1.165, 1.54) is 12.3 Å². The molecule has 0 amide bonds. The summed E-state index contributed by atoms with van der Waals surface area (Å²) in [4.78, 5) is 21.9. The average Bonchev–Trinajstić information content (AvgIpc) is 3.05. The fourth-order valence-electron chi connectivity index (χ4n) is 4.27. The predicted octanol–water partition coefficient (Wildman–Crippen LogP) is 4.75. The van der Waals surface area contributed by atoms with Gasteiger partial charge in [0.15, 0.2) is 0 Å². The molecule has 0 saturated carbocycles. The van der Waals surface area contributed by atoms with Crippen LogP contribution in [0.3, 0.4) is 0 Å². The number of pyridine rings is 1. The minimum absolute atomic E-state index is 0.223. The summed E-state index contributed by atoms with van der Waals surface area (Å²) >= 11 is 0. The minimum Gasteiger partial charge on any atom is -0.495 e. The van der Waals surface area contributed by atoms with Crippen LogP contribution in [0.25, 0.3) is 10.9 Å². The molecule has 0 bridgehead atoms. The number of hydrogen-bond donors (Lipinski definition) is 1. The van der Waals surface area contributed by atoms with Crippen LogP contribution in [-0.2, 0) is 4.74 Å². The highest BCUT2D eigenvalue weighted by molar-refractivity contribution is 6.07. The van der Waals surface area contributed by atoms with Crippen LogP contribution in [0.1, 0.15) is 29.3 Å². The van der Waals surface area contributed by atoms with Crippen LogP contribution >= 0.6 is 0 Å². The molecule has 2 aromatic carbocycles. The summed E-state index contributed by atoms with van der Waals surface area (Å²) in [5.41, 5.74) is 3.48. The van der Waals surface area contributed by atoms with Crippen molar-refractivity contribution >= 4 is 33.9 Å². The van der Waals surface area contributed by atoms with Crippen molar-refractivity contribution in [3.8, 4) is 5.75 Å². The summed E-state index contributed by atoms with van der Waals surface area (Å²) in [7, 11) is 3.76. The van der Waals surface area contributed by atoms with Crippen LogP contribution in [0.4, 0.5) is 21.5 Å². The fraction of sp³-hybridized carbons (Fsp3) is 0.385. The smallest absolute Gasteiger partial charge is 0.341 e. The zero-order chi connectivity index (χ0) is 24.2. The van der Waals surface area contributed by atoms with Crippen molar-refractivity contribution in [3.63, 3.8) is 0 Å². The SMILES string of the molecule is CCOC(=O)c1cnc2cc(N3CCCN(C)CC3)c(OC)cc2c1Nc1cc(C)ccc1F. The Hall–Kier alpha value is -3.39. The quantitative estimate of drug-likeness (QED) is 0.526. The summed E-state index contributed by atoms with van der Waals surface area (Å²) in [6.07, 6.45) is 2.54. The van der Waals surface area contributed by atoms with Crippen LogP contribution < -0.4 is 15.0 Å². The number of benzene rings is 2. The lowest BCUT2D eigenvalue weighted by Gasteiger charge is -2.26. The molecule has 34 heavy (non-hydrogen) atoms. The number of carbonyl (C=O) groups is 1. The molecule has 7 nitrogen and oxygen atoms in total. The summed E-state index contributed by atoms with van der Waals surface area (Å²) < 4.78 is 25.7. The zero-order valence-electron chi connectivity index (χ0n) is 20.2. The second-order valence-corrected chi connectivity index (χ2v) is 8.56. The number of rotatable bonds is 6. The van der Waals surface area contributed by atoms with E-state index in [0.717, 1.165) is 43.9 Å². The second-order valence-electron chi connectivity index (χ2n) is 8.56.